The summed E-state index contributed by atoms with van der Waals surface area (Å²) in [5, 5.41) is 13.3. The normalized spacial score (nSPS) is 24.8. The first kappa shape index (κ1) is 18.7. The first-order valence-corrected chi connectivity index (χ1v) is 10.0. The number of benzene rings is 1. The minimum absolute atomic E-state index is 0.0250. The molecular formula is C20H24F2N4O3. The minimum Gasteiger partial charge on any atom is -0.493 e. The average molecular weight is 406 g/mol. The highest BCUT2D eigenvalue weighted by Gasteiger charge is 2.43. The van der Waals surface area contributed by atoms with E-state index in [1.54, 1.807) is 0 Å². The first-order valence-electron chi connectivity index (χ1n) is 10.0. The van der Waals surface area contributed by atoms with Crippen molar-refractivity contribution in [1.29, 1.82) is 0 Å². The number of aliphatic hydroxyl groups excluding tert-OH is 1. The third-order valence-corrected chi connectivity index (χ3v) is 6.31. The maximum absolute atomic E-state index is 14.7. The van der Waals surface area contributed by atoms with Gasteiger partial charge in [0.25, 0.3) is 0 Å². The van der Waals surface area contributed by atoms with Gasteiger partial charge in [0.05, 0.1) is 25.7 Å². The topological polar surface area (TPSA) is 79.7 Å². The Labute approximate surface area is 167 Å². The highest BCUT2D eigenvalue weighted by Crippen LogP contribution is 2.45. The number of aliphatic hydroxyl groups is 1. The van der Waals surface area contributed by atoms with Crippen LogP contribution in [0.3, 0.4) is 0 Å². The zero-order valence-electron chi connectivity index (χ0n) is 16.3. The van der Waals surface area contributed by atoms with Crippen molar-refractivity contribution in [3.8, 4) is 11.8 Å². The zero-order valence-corrected chi connectivity index (χ0v) is 16.3. The Hall–Kier alpha value is -2.26. The van der Waals surface area contributed by atoms with E-state index in [2.05, 4.69) is 15.3 Å². The molecule has 1 aromatic heterocycles. The molecule has 1 aliphatic carbocycles. The van der Waals surface area contributed by atoms with Gasteiger partial charge in [0, 0.05) is 36.7 Å². The highest BCUT2D eigenvalue weighted by atomic mass is 19.1. The van der Waals surface area contributed by atoms with E-state index < -0.39 is 11.6 Å². The number of nitrogens with one attached hydrogen (secondary N) is 1. The van der Waals surface area contributed by atoms with Crippen LogP contribution in [0.4, 0.5) is 14.6 Å². The van der Waals surface area contributed by atoms with E-state index >= 15 is 0 Å². The summed E-state index contributed by atoms with van der Waals surface area (Å²) in [6, 6.07) is 1.44. The quantitative estimate of drug-likeness (QED) is 0.760. The number of aromatic nitrogens is 2. The molecule has 156 valence electrons. The highest BCUT2D eigenvalue weighted by molar-refractivity contribution is 5.96. The van der Waals surface area contributed by atoms with E-state index in [0.29, 0.717) is 31.0 Å². The summed E-state index contributed by atoms with van der Waals surface area (Å²) < 4.78 is 40.2. The maximum atomic E-state index is 14.7. The molecule has 0 radical (unpaired) electrons. The van der Waals surface area contributed by atoms with Crippen LogP contribution in [0.15, 0.2) is 6.07 Å². The molecule has 2 bridgehead atoms. The molecule has 3 heterocycles. The predicted octanol–water partition coefficient (Wildman–Crippen LogP) is 2.01. The van der Waals surface area contributed by atoms with Gasteiger partial charge in [-0.25, -0.2) is 8.78 Å². The largest absolute Gasteiger partial charge is 0.493 e. The number of ether oxygens (including phenoxy) is 2. The Bertz CT molecular complexity index is 941. The number of methoxy groups -OCH3 is 1. The molecule has 0 amide bonds. The molecule has 2 N–H and O–H groups in total. The summed E-state index contributed by atoms with van der Waals surface area (Å²) in [7, 11) is 1.35. The molecule has 7 nitrogen and oxygen atoms in total. The van der Waals surface area contributed by atoms with Gasteiger partial charge in [-0.3, -0.25) is 0 Å². The Kier molecular flexibility index (Phi) is 4.47. The number of hydrogen-bond acceptors (Lipinski definition) is 7. The van der Waals surface area contributed by atoms with E-state index in [0.717, 1.165) is 31.7 Å². The second-order valence-electron chi connectivity index (χ2n) is 8.42. The molecule has 2 aromatic rings. The molecule has 29 heavy (non-hydrogen) atoms. The summed E-state index contributed by atoms with van der Waals surface area (Å²) in [6.07, 6.45) is 3.87. The Morgan fingerprint density at radius 3 is 2.55 bits per heavy atom. The fourth-order valence-electron chi connectivity index (χ4n) is 4.38. The van der Waals surface area contributed by atoms with Crippen molar-refractivity contribution in [3.63, 3.8) is 0 Å². The van der Waals surface area contributed by atoms with E-state index in [4.69, 9.17) is 9.47 Å². The predicted molar refractivity (Wildman–Crippen MR) is 102 cm³/mol. The summed E-state index contributed by atoms with van der Waals surface area (Å²) in [5.41, 5.74) is -0.283. The zero-order chi connectivity index (χ0) is 20.2. The van der Waals surface area contributed by atoms with Crippen LogP contribution in [-0.2, 0) is 0 Å². The summed E-state index contributed by atoms with van der Waals surface area (Å²) in [6.45, 7) is 1.66. The van der Waals surface area contributed by atoms with Crippen molar-refractivity contribution < 1.29 is 23.4 Å². The van der Waals surface area contributed by atoms with E-state index in [9.17, 15) is 13.9 Å². The Morgan fingerprint density at radius 1 is 1.21 bits per heavy atom. The fraction of sp³-hybridized carbons (Fsp3) is 0.600. The molecule has 5 rings (SSSR count). The average Bonchev–Trinajstić information content (AvgIpc) is 3.43. The van der Waals surface area contributed by atoms with Crippen LogP contribution in [0.1, 0.15) is 25.7 Å². The van der Waals surface area contributed by atoms with Crippen molar-refractivity contribution in [3.05, 3.63) is 17.7 Å². The lowest BCUT2D eigenvalue weighted by molar-refractivity contribution is 0.140. The van der Waals surface area contributed by atoms with Crippen molar-refractivity contribution in [1.82, 2.24) is 15.3 Å². The van der Waals surface area contributed by atoms with E-state index in [1.807, 2.05) is 4.90 Å². The number of rotatable bonds is 6. The number of hydrogen-bond donors (Lipinski definition) is 2. The van der Waals surface area contributed by atoms with Gasteiger partial charge in [0.2, 0.25) is 0 Å². The molecule has 2 atom stereocenters. The van der Waals surface area contributed by atoms with Gasteiger partial charge in [-0.2, -0.15) is 9.97 Å². The van der Waals surface area contributed by atoms with E-state index in [1.165, 1.54) is 7.11 Å². The van der Waals surface area contributed by atoms with Crippen molar-refractivity contribution in [2.24, 2.45) is 5.41 Å². The molecule has 1 aromatic carbocycles. The first-order chi connectivity index (χ1) is 14.0. The van der Waals surface area contributed by atoms with Crippen molar-refractivity contribution in [2.75, 3.05) is 38.3 Å². The fourth-order valence-corrected chi connectivity index (χ4v) is 4.38. The monoisotopic (exact) mass is 406 g/mol. The van der Waals surface area contributed by atoms with Crippen molar-refractivity contribution in [2.45, 2.75) is 37.8 Å². The summed E-state index contributed by atoms with van der Waals surface area (Å²) in [5.74, 6) is -1.21. The van der Waals surface area contributed by atoms with Crippen LogP contribution in [0.2, 0.25) is 0 Å². The third-order valence-electron chi connectivity index (χ3n) is 6.31. The van der Waals surface area contributed by atoms with Crippen LogP contribution in [0, 0.1) is 17.0 Å². The van der Waals surface area contributed by atoms with Crippen LogP contribution >= 0.6 is 0 Å². The molecular weight excluding hydrogens is 382 g/mol. The SMILES string of the molecule is COc1c(F)cc(F)c2nc(OCC3(CO)CC3)nc(N3CC4CCC(C3)N4)c12. The number of halogens is 2. The second-order valence-corrected chi connectivity index (χ2v) is 8.42. The second kappa shape index (κ2) is 6.91. The van der Waals surface area contributed by atoms with Gasteiger partial charge in [0.15, 0.2) is 17.4 Å². The van der Waals surface area contributed by atoms with Gasteiger partial charge in [-0.15, -0.1) is 0 Å². The summed E-state index contributed by atoms with van der Waals surface area (Å²) in [4.78, 5) is 10.8. The van der Waals surface area contributed by atoms with Crippen LogP contribution < -0.4 is 19.7 Å². The molecule has 2 saturated heterocycles. The Morgan fingerprint density at radius 2 is 1.93 bits per heavy atom. The molecule has 1 saturated carbocycles. The van der Waals surface area contributed by atoms with Gasteiger partial charge in [0.1, 0.15) is 11.3 Å². The number of fused-ring (bicyclic) bond motifs is 3. The van der Waals surface area contributed by atoms with Gasteiger partial charge in [-0.05, 0) is 25.7 Å². The molecule has 0 spiro atoms. The Balaban J connectivity index is 1.61. The smallest absolute Gasteiger partial charge is 0.319 e. The molecule has 2 unspecified atom stereocenters. The lowest BCUT2D eigenvalue weighted by Crippen LogP contribution is -2.51. The van der Waals surface area contributed by atoms with Gasteiger partial charge in [-0.1, -0.05) is 0 Å². The maximum Gasteiger partial charge on any atom is 0.319 e. The number of piperazine rings is 1. The molecule has 3 aliphatic rings. The van der Waals surface area contributed by atoms with Gasteiger partial charge >= 0.3 is 6.01 Å². The van der Waals surface area contributed by atoms with E-state index in [-0.39, 0.29) is 41.3 Å². The standard InChI is InChI=1S/C20H24F2N4O3/c1-28-17-14(22)6-13(21)16-15(17)18(26-7-11-2-3-12(8-26)23-11)25-19(24-16)29-10-20(9-27)4-5-20/h6,11-12,23,27H,2-5,7-10H2,1H3. The molecule has 3 fully saturated rings. The number of nitrogens with zero attached hydrogens (tertiary/aromatic N) is 3. The molecule has 9 heteroatoms. The summed E-state index contributed by atoms with van der Waals surface area (Å²) >= 11 is 0. The number of anilines is 1. The van der Waals surface area contributed by atoms with Crippen LogP contribution in [0.25, 0.3) is 10.9 Å². The van der Waals surface area contributed by atoms with Crippen molar-refractivity contribution >= 4 is 16.7 Å². The lowest BCUT2D eigenvalue weighted by Gasteiger charge is -2.34. The third kappa shape index (κ3) is 3.26. The minimum atomic E-state index is -0.786. The van der Waals surface area contributed by atoms with Crippen LogP contribution in [-0.4, -0.2) is 60.6 Å². The lowest BCUT2D eigenvalue weighted by atomic mass is 10.1. The van der Waals surface area contributed by atoms with Crippen LogP contribution in [0.5, 0.6) is 11.8 Å². The van der Waals surface area contributed by atoms with Gasteiger partial charge < -0.3 is 24.8 Å². The molecule has 2 aliphatic heterocycles.